The van der Waals surface area contributed by atoms with Crippen LogP contribution in [0.4, 0.5) is 13.2 Å². The van der Waals surface area contributed by atoms with Crippen LogP contribution in [0.5, 0.6) is 0 Å². The summed E-state index contributed by atoms with van der Waals surface area (Å²) < 4.78 is 38.2. The second kappa shape index (κ2) is 9.59. The van der Waals surface area contributed by atoms with E-state index in [1.54, 1.807) is 19.0 Å². The maximum Gasteiger partial charge on any atom is 0.253 e. The highest BCUT2D eigenvalue weighted by atomic mass is 35.5. The number of rotatable bonds is 2. The topological polar surface area (TPSA) is 40.6 Å². The Hall–Kier alpha value is -2.54. The predicted octanol–water partition coefficient (Wildman–Crippen LogP) is 4.38. The molecule has 0 saturated carbocycles. The minimum Gasteiger partial charge on any atom is -0.345 e. The summed E-state index contributed by atoms with van der Waals surface area (Å²) in [4.78, 5) is 26.2. The van der Waals surface area contributed by atoms with Gasteiger partial charge in [0.05, 0.1) is 5.02 Å². The number of benzene rings is 2. The van der Waals surface area contributed by atoms with E-state index < -0.39 is 17.5 Å². The van der Waals surface area contributed by atoms with Crippen molar-refractivity contribution in [1.82, 2.24) is 9.80 Å². The van der Waals surface area contributed by atoms with Crippen molar-refractivity contribution in [2.75, 3.05) is 27.2 Å². The number of hydrogen-bond donors (Lipinski definition) is 0. The molecule has 0 unspecified atom stereocenters. The Morgan fingerprint density at radius 2 is 1.46 bits per heavy atom. The number of halogens is 4. The second-order valence-electron chi connectivity index (χ2n) is 6.46. The molecule has 1 aliphatic heterocycles. The summed E-state index contributed by atoms with van der Waals surface area (Å²) >= 11 is 5.52. The molecule has 1 heterocycles. The Labute approximate surface area is 166 Å². The third kappa shape index (κ3) is 5.48. The number of nitrogens with zero attached hydrogens (tertiary/aromatic N) is 2. The highest BCUT2D eigenvalue weighted by Crippen LogP contribution is 2.17. The van der Waals surface area contributed by atoms with Gasteiger partial charge in [0.2, 0.25) is 0 Å². The Morgan fingerprint density at radius 1 is 0.893 bits per heavy atom. The summed E-state index contributed by atoms with van der Waals surface area (Å²) in [5, 5.41) is -0.0345. The van der Waals surface area contributed by atoms with E-state index in [0.29, 0.717) is 18.7 Å². The molecule has 150 valence electrons. The molecular weight excluding hydrogens is 393 g/mol. The van der Waals surface area contributed by atoms with Gasteiger partial charge in [-0.3, -0.25) is 9.59 Å². The Bertz CT molecular complexity index is 869. The fourth-order valence-electron chi connectivity index (χ4n) is 2.62. The van der Waals surface area contributed by atoms with E-state index in [2.05, 4.69) is 0 Å². The van der Waals surface area contributed by atoms with Gasteiger partial charge in [0.1, 0.15) is 5.82 Å². The van der Waals surface area contributed by atoms with E-state index in [1.165, 1.54) is 29.2 Å². The van der Waals surface area contributed by atoms with Crippen molar-refractivity contribution in [3.05, 3.63) is 70.0 Å². The van der Waals surface area contributed by atoms with Crippen molar-refractivity contribution in [2.45, 2.75) is 12.8 Å². The van der Waals surface area contributed by atoms with Crippen LogP contribution in [0.25, 0.3) is 0 Å². The van der Waals surface area contributed by atoms with Crippen LogP contribution < -0.4 is 0 Å². The molecule has 0 bridgehead atoms. The zero-order chi connectivity index (χ0) is 20.8. The van der Waals surface area contributed by atoms with Crippen molar-refractivity contribution in [3.8, 4) is 0 Å². The van der Waals surface area contributed by atoms with E-state index in [1.807, 2.05) is 0 Å². The zero-order valence-electron chi connectivity index (χ0n) is 15.5. The first-order valence-electron chi connectivity index (χ1n) is 8.61. The largest absolute Gasteiger partial charge is 0.345 e. The Kier molecular flexibility index (Phi) is 7.45. The van der Waals surface area contributed by atoms with Crippen LogP contribution in [-0.4, -0.2) is 48.8 Å². The van der Waals surface area contributed by atoms with Crippen molar-refractivity contribution in [3.63, 3.8) is 0 Å². The van der Waals surface area contributed by atoms with Gasteiger partial charge in [-0.05, 0) is 49.2 Å². The smallest absolute Gasteiger partial charge is 0.253 e. The lowest BCUT2D eigenvalue weighted by Gasteiger charge is -2.14. The molecule has 0 aliphatic carbocycles. The molecule has 0 aromatic heterocycles. The van der Waals surface area contributed by atoms with Crippen molar-refractivity contribution in [1.29, 1.82) is 0 Å². The number of amides is 2. The SMILES string of the molecule is CN(C)C(=O)c1ccc(F)c(Cl)c1.O=C(c1ccc(F)c(F)c1)N1CCCC1. The van der Waals surface area contributed by atoms with Gasteiger partial charge in [-0.25, -0.2) is 13.2 Å². The molecule has 2 amide bonds. The quantitative estimate of drug-likeness (QED) is 0.734. The minimum absolute atomic E-state index is 0.0345. The molecule has 0 spiro atoms. The molecular formula is C20H20ClF3N2O2. The standard InChI is InChI=1S/C11H11F2NO.C9H9ClFNO/c12-9-4-3-8(7-10(9)13)11(15)14-5-1-2-6-14;1-12(2)9(13)6-3-4-8(11)7(10)5-6/h3-4,7H,1-2,5-6H2;3-5H,1-2H3. The summed E-state index contributed by atoms with van der Waals surface area (Å²) in [5.41, 5.74) is 0.604. The van der Waals surface area contributed by atoms with Crippen LogP contribution in [0.15, 0.2) is 36.4 Å². The van der Waals surface area contributed by atoms with E-state index in [0.717, 1.165) is 25.0 Å². The maximum atomic E-state index is 12.9. The lowest BCUT2D eigenvalue weighted by atomic mass is 10.2. The van der Waals surface area contributed by atoms with Gasteiger partial charge < -0.3 is 9.80 Å². The van der Waals surface area contributed by atoms with Gasteiger partial charge in [-0.15, -0.1) is 0 Å². The number of hydrogen-bond acceptors (Lipinski definition) is 2. The van der Waals surface area contributed by atoms with E-state index in [-0.39, 0.29) is 22.4 Å². The van der Waals surface area contributed by atoms with Crippen molar-refractivity contribution >= 4 is 23.4 Å². The van der Waals surface area contributed by atoms with E-state index >= 15 is 0 Å². The van der Waals surface area contributed by atoms with Crippen molar-refractivity contribution < 1.29 is 22.8 Å². The number of carbonyl (C=O) groups excluding carboxylic acids is 2. The van der Waals surface area contributed by atoms with Gasteiger partial charge in [0.25, 0.3) is 11.8 Å². The third-order valence-electron chi connectivity index (χ3n) is 4.13. The van der Waals surface area contributed by atoms with E-state index in [4.69, 9.17) is 11.6 Å². The second-order valence-corrected chi connectivity index (χ2v) is 6.86. The molecule has 1 aliphatic rings. The molecule has 28 heavy (non-hydrogen) atoms. The highest BCUT2D eigenvalue weighted by molar-refractivity contribution is 6.31. The average Bonchev–Trinajstić information content (AvgIpc) is 3.20. The van der Waals surface area contributed by atoms with Gasteiger partial charge >= 0.3 is 0 Å². The molecule has 8 heteroatoms. The van der Waals surface area contributed by atoms with Gasteiger partial charge in [-0.2, -0.15) is 0 Å². The van der Waals surface area contributed by atoms with Crippen LogP contribution in [0, 0.1) is 17.5 Å². The molecule has 0 atom stereocenters. The van der Waals surface area contributed by atoms with Crippen LogP contribution >= 0.6 is 11.6 Å². The summed E-state index contributed by atoms with van der Waals surface area (Å²) in [5.74, 6) is -2.82. The lowest BCUT2D eigenvalue weighted by molar-refractivity contribution is 0.0790. The van der Waals surface area contributed by atoms with Crippen LogP contribution in [0.3, 0.4) is 0 Å². The Balaban J connectivity index is 0.000000203. The van der Waals surface area contributed by atoms with E-state index in [9.17, 15) is 22.8 Å². The van der Waals surface area contributed by atoms with Crippen LogP contribution in [0.2, 0.25) is 5.02 Å². The first-order chi connectivity index (χ1) is 13.2. The molecule has 3 rings (SSSR count). The molecule has 2 aromatic rings. The molecule has 4 nitrogen and oxygen atoms in total. The molecule has 0 N–H and O–H groups in total. The Morgan fingerprint density at radius 3 is 2.00 bits per heavy atom. The summed E-state index contributed by atoms with van der Waals surface area (Å²) in [6.45, 7) is 1.41. The lowest BCUT2D eigenvalue weighted by Crippen LogP contribution is -2.27. The molecule has 1 saturated heterocycles. The monoisotopic (exact) mass is 412 g/mol. The first kappa shape index (κ1) is 21.8. The average molecular weight is 413 g/mol. The summed E-state index contributed by atoms with van der Waals surface area (Å²) in [6.07, 6.45) is 1.96. The number of likely N-dealkylation sites (tertiary alicyclic amines) is 1. The normalized spacial score (nSPS) is 13.0. The fourth-order valence-corrected chi connectivity index (χ4v) is 2.80. The van der Waals surface area contributed by atoms with Gasteiger partial charge in [0.15, 0.2) is 11.6 Å². The highest BCUT2D eigenvalue weighted by Gasteiger charge is 2.20. The molecule has 2 aromatic carbocycles. The van der Waals surface area contributed by atoms with Gasteiger partial charge in [0, 0.05) is 38.3 Å². The third-order valence-corrected chi connectivity index (χ3v) is 4.42. The minimum atomic E-state index is -0.972. The van der Waals surface area contributed by atoms with Gasteiger partial charge in [-0.1, -0.05) is 11.6 Å². The van der Waals surface area contributed by atoms with Crippen molar-refractivity contribution in [2.24, 2.45) is 0 Å². The fraction of sp³-hybridized carbons (Fsp3) is 0.300. The summed E-state index contributed by atoms with van der Waals surface area (Å²) in [6, 6.07) is 7.16. The molecule has 0 radical (unpaired) electrons. The predicted molar refractivity (Wildman–Crippen MR) is 101 cm³/mol. The van der Waals surface area contributed by atoms with Crippen LogP contribution in [0.1, 0.15) is 33.6 Å². The first-order valence-corrected chi connectivity index (χ1v) is 8.99. The maximum absolute atomic E-state index is 12.9. The molecule has 1 fully saturated rings. The van der Waals surface area contributed by atoms with Crippen LogP contribution in [-0.2, 0) is 0 Å². The number of carbonyl (C=O) groups is 2. The summed E-state index contributed by atoms with van der Waals surface area (Å²) in [7, 11) is 3.25. The zero-order valence-corrected chi connectivity index (χ0v) is 16.3.